The maximum absolute atomic E-state index is 11.8. The number of carbonyl (C=O) groups excluding carboxylic acids is 1. The molecule has 0 saturated carbocycles. The van der Waals surface area contributed by atoms with Crippen molar-refractivity contribution < 1.29 is 9.53 Å². The summed E-state index contributed by atoms with van der Waals surface area (Å²) in [5.74, 6) is 0.233. The number of ether oxygens (including phenoxy) is 1. The lowest BCUT2D eigenvalue weighted by atomic mass is 10.1. The van der Waals surface area contributed by atoms with Gasteiger partial charge in [0.25, 0.3) is 0 Å². The van der Waals surface area contributed by atoms with Crippen LogP contribution in [0.1, 0.15) is 41.2 Å². The van der Waals surface area contributed by atoms with Crippen LogP contribution in [0.4, 0.5) is 0 Å². The maximum Gasteiger partial charge on any atom is 0.349 e. The fraction of sp³-hybridized carbons (Fsp3) is 0.350. The van der Waals surface area contributed by atoms with Gasteiger partial charge in [-0.2, -0.15) is 5.26 Å². The standard InChI is InChI=1S/C20H21N3O2S/c1-12(2)7-8-23-11-15(10-21)16-9-14(5-6-17(16)23)19-22-13(3)18(26-19)20(24)25-4/h5-6,9,11-12H,7-8H2,1-4H3. The van der Waals surface area contributed by atoms with Crippen molar-refractivity contribution in [3.05, 3.63) is 40.5 Å². The summed E-state index contributed by atoms with van der Waals surface area (Å²) < 4.78 is 6.95. The lowest BCUT2D eigenvalue weighted by Gasteiger charge is -2.07. The monoisotopic (exact) mass is 367 g/mol. The summed E-state index contributed by atoms with van der Waals surface area (Å²) in [6, 6.07) is 8.30. The van der Waals surface area contributed by atoms with Crippen molar-refractivity contribution in [2.24, 2.45) is 5.92 Å². The Balaban J connectivity index is 2.04. The number of carbonyl (C=O) groups is 1. The van der Waals surface area contributed by atoms with Crippen LogP contribution in [0, 0.1) is 24.2 Å². The first-order valence-corrected chi connectivity index (χ1v) is 9.35. The van der Waals surface area contributed by atoms with Gasteiger partial charge in [-0.1, -0.05) is 13.8 Å². The van der Waals surface area contributed by atoms with Crippen LogP contribution in [0.25, 0.3) is 21.5 Å². The number of nitrogens with zero attached hydrogens (tertiary/aromatic N) is 3. The summed E-state index contributed by atoms with van der Waals surface area (Å²) in [4.78, 5) is 16.8. The molecule has 0 aliphatic rings. The van der Waals surface area contributed by atoms with Gasteiger partial charge in [0, 0.05) is 29.2 Å². The average Bonchev–Trinajstić information content (AvgIpc) is 3.19. The normalized spacial score (nSPS) is 11.1. The highest BCUT2D eigenvalue weighted by molar-refractivity contribution is 7.17. The van der Waals surface area contributed by atoms with Crippen molar-refractivity contribution in [2.45, 2.75) is 33.7 Å². The van der Waals surface area contributed by atoms with Gasteiger partial charge in [-0.15, -0.1) is 11.3 Å². The predicted molar refractivity (Wildman–Crippen MR) is 103 cm³/mol. The summed E-state index contributed by atoms with van der Waals surface area (Å²) >= 11 is 1.31. The number of hydrogen-bond acceptors (Lipinski definition) is 5. The topological polar surface area (TPSA) is 67.9 Å². The summed E-state index contributed by atoms with van der Waals surface area (Å²) in [6.07, 6.45) is 2.98. The van der Waals surface area contributed by atoms with E-state index in [2.05, 4.69) is 29.5 Å². The molecular weight excluding hydrogens is 346 g/mol. The van der Waals surface area contributed by atoms with Gasteiger partial charge in [-0.3, -0.25) is 0 Å². The molecule has 3 aromatic rings. The molecule has 0 amide bonds. The van der Waals surface area contributed by atoms with Crippen LogP contribution in [-0.4, -0.2) is 22.6 Å². The molecule has 5 nitrogen and oxygen atoms in total. The zero-order valence-corrected chi connectivity index (χ0v) is 16.2. The third-order valence-electron chi connectivity index (χ3n) is 4.36. The molecule has 0 atom stereocenters. The molecule has 0 N–H and O–H groups in total. The van der Waals surface area contributed by atoms with Crippen molar-refractivity contribution in [3.63, 3.8) is 0 Å². The Labute approximate surface area is 156 Å². The van der Waals surface area contributed by atoms with Gasteiger partial charge in [0.15, 0.2) is 0 Å². The fourth-order valence-electron chi connectivity index (χ4n) is 2.90. The van der Waals surface area contributed by atoms with E-state index in [4.69, 9.17) is 4.74 Å². The largest absolute Gasteiger partial charge is 0.465 e. The lowest BCUT2D eigenvalue weighted by molar-refractivity contribution is 0.0605. The van der Waals surface area contributed by atoms with Gasteiger partial charge in [0.1, 0.15) is 16.0 Å². The van der Waals surface area contributed by atoms with E-state index >= 15 is 0 Å². The first-order valence-electron chi connectivity index (χ1n) is 8.53. The van der Waals surface area contributed by atoms with E-state index in [9.17, 15) is 10.1 Å². The van der Waals surface area contributed by atoms with Crippen LogP contribution in [0.3, 0.4) is 0 Å². The second-order valence-corrected chi connectivity index (χ2v) is 7.69. The Morgan fingerprint density at radius 1 is 1.42 bits per heavy atom. The van der Waals surface area contributed by atoms with E-state index in [1.54, 1.807) is 6.92 Å². The molecule has 0 radical (unpaired) electrons. The van der Waals surface area contributed by atoms with Crippen molar-refractivity contribution in [3.8, 4) is 16.6 Å². The van der Waals surface area contributed by atoms with Gasteiger partial charge in [-0.25, -0.2) is 9.78 Å². The van der Waals surface area contributed by atoms with Crippen LogP contribution in [0.5, 0.6) is 0 Å². The SMILES string of the molecule is COC(=O)c1sc(-c2ccc3c(c2)c(C#N)cn3CCC(C)C)nc1C. The van der Waals surface area contributed by atoms with Gasteiger partial charge in [-0.05, 0) is 37.5 Å². The second-order valence-electron chi connectivity index (χ2n) is 6.69. The third kappa shape index (κ3) is 3.35. The molecule has 0 fully saturated rings. The fourth-order valence-corrected chi connectivity index (χ4v) is 3.88. The quantitative estimate of drug-likeness (QED) is 0.609. The van der Waals surface area contributed by atoms with Gasteiger partial charge < -0.3 is 9.30 Å². The van der Waals surface area contributed by atoms with Crippen LogP contribution in [-0.2, 0) is 11.3 Å². The number of esters is 1. The number of aryl methyl sites for hydroxylation is 2. The number of thiazole rings is 1. The van der Waals surface area contributed by atoms with Gasteiger partial charge >= 0.3 is 5.97 Å². The highest BCUT2D eigenvalue weighted by atomic mass is 32.1. The molecule has 0 aliphatic heterocycles. The summed E-state index contributed by atoms with van der Waals surface area (Å²) in [6.45, 7) is 7.07. The van der Waals surface area contributed by atoms with Crippen molar-refractivity contribution in [1.29, 1.82) is 5.26 Å². The number of methoxy groups -OCH3 is 1. The second kappa shape index (κ2) is 7.30. The Morgan fingerprint density at radius 3 is 2.85 bits per heavy atom. The van der Waals surface area contributed by atoms with Crippen molar-refractivity contribution in [2.75, 3.05) is 7.11 Å². The smallest absolute Gasteiger partial charge is 0.349 e. The molecule has 0 bridgehead atoms. The summed E-state index contributed by atoms with van der Waals surface area (Å²) in [5, 5.41) is 11.2. The summed E-state index contributed by atoms with van der Waals surface area (Å²) in [5.41, 5.74) is 3.27. The highest BCUT2D eigenvalue weighted by Crippen LogP contribution is 2.32. The molecule has 134 valence electrons. The molecule has 0 aliphatic carbocycles. The first kappa shape index (κ1) is 18.2. The van der Waals surface area contributed by atoms with Crippen LogP contribution in [0.15, 0.2) is 24.4 Å². The number of hydrogen-bond donors (Lipinski definition) is 0. The Bertz CT molecular complexity index is 1010. The van der Waals surface area contributed by atoms with E-state index in [0.29, 0.717) is 22.1 Å². The number of rotatable bonds is 5. The number of aromatic nitrogens is 2. The number of benzene rings is 1. The van der Waals surface area contributed by atoms with Gasteiger partial charge in [0.05, 0.1) is 18.4 Å². The van der Waals surface area contributed by atoms with E-state index in [-0.39, 0.29) is 5.97 Å². The zero-order valence-electron chi connectivity index (χ0n) is 15.4. The zero-order chi connectivity index (χ0) is 18.8. The highest BCUT2D eigenvalue weighted by Gasteiger charge is 2.18. The maximum atomic E-state index is 11.8. The number of fused-ring (bicyclic) bond motifs is 1. The Kier molecular flexibility index (Phi) is 5.10. The van der Waals surface area contributed by atoms with Crippen LogP contribution >= 0.6 is 11.3 Å². The average molecular weight is 367 g/mol. The molecule has 2 heterocycles. The molecule has 2 aromatic heterocycles. The minimum absolute atomic E-state index is 0.370. The molecule has 1 aromatic carbocycles. The first-order chi connectivity index (χ1) is 12.4. The molecule has 0 unspecified atom stereocenters. The minimum atomic E-state index is -0.370. The van der Waals surface area contributed by atoms with Crippen LogP contribution < -0.4 is 0 Å². The molecule has 26 heavy (non-hydrogen) atoms. The van der Waals surface area contributed by atoms with E-state index in [1.807, 2.05) is 24.4 Å². The summed E-state index contributed by atoms with van der Waals surface area (Å²) in [7, 11) is 1.37. The third-order valence-corrected chi connectivity index (χ3v) is 5.55. The van der Waals surface area contributed by atoms with Crippen molar-refractivity contribution in [1.82, 2.24) is 9.55 Å². The molecule has 0 saturated heterocycles. The molecule has 3 rings (SSSR count). The van der Waals surface area contributed by atoms with E-state index in [0.717, 1.165) is 34.4 Å². The van der Waals surface area contributed by atoms with Gasteiger partial charge in [0.2, 0.25) is 0 Å². The predicted octanol–water partition coefficient (Wildman–Crippen LogP) is 4.78. The molecule has 6 heteroatoms. The number of nitriles is 1. The molecule has 0 spiro atoms. The molecular formula is C20H21N3O2S. The van der Waals surface area contributed by atoms with Crippen LogP contribution in [0.2, 0.25) is 0 Å². The van der Waals surface area contributed by atoms with E-state index in [1.165, 1.54) is 18.4 Å². The lowest BCUT2D eigenvalue weighted by Crippen LogP contribution is -1.99. The Hall–Kier alpha value is -2.65. The minimum Gasteiger partial charge on any atom is -0.465 e. The van der Waals surface area contributed by atoms with E-state index < -0.39 is 0 Å². The Morgan fingerprint density at radius 2 is 2.19 bits per heavy atom. The van der Waals surface area contributed by atoms with Crippen molar-refractivity contribution >= 4 is 28.2 Å².